The van der Waals surface area contributed by atoms with Crippen LogP contribution in [0.3, 0.4) is 0 Å². The van der Waals surface area contributed by atoms with Crippen molar-refractivity contribution in [3.63, 3.8) is 0 Å². The van der Waals surface area contributed by atoms with Crippen LogP contribution in [0.25, 0.3) is 17.1 Å². The molecule has 0 bridgehead atoms. The molecule has 3 aromatic heterocycles. The van der Waals surface area contributed by atoms with Crippen LogP contribution in [-0.4, -0.2) is 31.5 Å². The number of nitrogens with one attached hydrogen (secondary N) is 1. The van der Waals surface area contributed by atoms with Crippen LogP contribution >= 0.6 is 23.4 Å². The Bertz CT molecular complexity index is 1120. The Balaban J connectivity index is 1.47. The molecule has 27 heavy (non-hydrogen) atoms. The van der Waals surface area contributed by atoms with E-state index in [0.717, 1.165) is 17.8 Å². The first-order valence-corrected chi connectivity index (χ1v) is 9.10. The lowest BCUT2D eigenvalue weighted by Gasteiger charge is -2.05. The molecule has 0 aliphatic carbocycles. The van der Waals surface area contributed by atoms with Gasteiger partial charge in [0.2, 0.25) is 11.1 Å². The molecule has 4 rings (SSSR count). The van der Waals surface area contributed by atoms with Crippen molar-refractivity contribution in [2.24, 2.45) is 0 Å². The molecule has 10 heteroatoms. The van der Waals surface area contributed by atoms with Crippen LogP contribution in [-0.2, 0) is 4.79 Å². The zero-order valence-corrected chi connectivity index (χ0v) is 15.2. The minimum absolute atomic E-state index is 0.00395. The maximum atomic E-state index is 13.4. The Morgan fingerprint density at radius 1 is 1.26 bits per heavy atom. The maximum Gasteiger partial charge on any atom is 0.234 e. The van der Waals surface area contributed by atoms with Gasteiger partial charge in [-0.05, 0) is 42.5 Å². The number of nitrogens with zero attached hydrogens (tertiary/aromatic N) is 4. The van der Waals surface area contributed by atoms with Crippen LogP contribution in [0.5, 0.6) is 0 Å². The zero-order valence-electron chi connectivity index (χ0n) is 13.6. The molecule has 1 amide bonds. The van der Waals surface area contributed by atoms with E-state index in [0.29, 0.717) is 27.9 Å². The number of hydrogen-bond donors (Lipinski definition) is 1. The smallest absolute Gasteiger partial charge is 0.234 e. The Labute approximate surface area is 161 Å². The summed E-state index contributed by atoms with van der Waals surface area (Å²) in [6.45, 7) is 0. The quantitative estimate of drug-likeness (QED) is 0.508. The van der Waals surface area contributed by atoms with E-state index in [-0.39, 0.29) is 16.7 Å². The molecule has 1 N–H and O–H groups in total. The minimum Gasteiger partial charge on any atom is -0.463 e. The van der Waals surface area contributed by atoms with Crippen molar-refractivity contribution in [2.75, 3.05) is 11.1 Å². The lowest BCUT2D eigenvalue weighted by atomic mass is 10.3. The van der Waals surface area contributed by atoms with Crippen molar-refractivity contribution >= 4 is 40.6 Å². The third-order valence-corrected chi connectivity index (χ3v) is 4.77. The number of carbonyl (C=O) groups excluding carboxylic acids is 1. The molecule has 0 saturated carbocycles. The first-order chi connectivity index (χ1) is 13.1. The summed E-state index contributed by atoms with van der Waals surface area (Å²) in [7, 11) is 0. The molecule has 4 aromatic rings. The first kappa shape index (κ1) is 17.5. The van der Waals surface area contributed by atoms with E-state index >= 15 is 0 Å². The summed E-state index contributed by atoms with van der Waals surface area (Å²) in [5.74, 6) is -0.248. The van der Waals surface area contributed by atoms with Crippen LogP contribution in [0.4, 0.5) is 10.1 Å². The van der Waals surface area contributed by atoms with Gasteiger partial charge in [-0.25, -0.2) is 4.39 Å². The number of benzene rings is 1. The summed E-state index contributed by atoms with van der Waals surface area (Å²) >= 11 is 6.79. The summed E-state index contributed by atoms with van der Waals surface area (Å²) in [5.41, 5.74) is 1.50. The Morgan fingerprint density at radius 2 is 2.15 bits per heavy atom. The molecule has 0 atom stereocenters. The Morgan fingerprint density at radius 3 is 2.93 bits per heavy atom. The number of carbonyl (C=O) groups is 1. The van der Waals surface area contributed by atoms with Gasteiger partial charge in [0, 0.05) is 5.69 Å². The molecule has 0 radical (unpaired) electrons. The second-order valence-corrected chi connectivity index (χ2v) is 6.76. The number of hydrogen-bond acceptors (Lipinski definition) is 6. The molecule has 7 nitrogen and oxygen atoms in total. The van der Waals surface area contributed by atoms with Crippen molar-refractivity contribution in [1.82, 2.24) is 19.8 Å². The SMILES string of the molecule is O=C(CSc1nnc2ccc(-c3ccco3)nn12)Nc1ccc(Cl)c(F)c1. The first-order valence-electron chi connectivity index (χ1n) is 7.74. The molecule has 0 aliphatic heterocycles. The van der Waals surface area contributed by atoms with Gasteiger partial charge in [0.25, 0.3) is 0 Å². The van der Waals surface area contributed by atoms with Gasteiger partial charge in [-0.3, -0.25) is 4.79 Å². The molecule has 136 valence electrons. The Kier molecular flexibility index (Phi) is 4.78. The normalized spacial score (nSPS) is 11.0. The van der Waals surface area contributed by atoms with E-state index in [1.165, 1.54) is 16.6 Å². The predicted molar refractivity (Wildman–Crippen MR) is 99.2 cm³/mol. The molecule has 0 fully saturated rings. The minimum atomic E-state index is -0.597. The molecule has 3 heterocycles. The maximum absolute atomic E-state index is 13.4. The second kappa shape index (κ2) is 7.37. The highest BCUT2D eigenvalue weighted by Gasteiger charge is 2.13. The molecular weight excluding hydrogens is 393 g/mol. The molecule has 1 aromatic carbocycles. The summed E-state index contributed by atoms with van der Waals surface area (Å²) in [6.07, 6.45) is 1.56. The van der Waals surface area contributed by atoms with E-state index in [2.05, 4.69) is 20.6 Å². The molecule has 0 aliphatic rings. The number of furan rings is 1. The van der Waals surface area contributed by atoms with Crippen LogP contribution in [0.1, 0.15) is 0 Å². The van der Waals surface area contributed by atoms with Gasteiger partial charge < -0.3 is 9.73 Å². The Hall–Kier alpha value is -2.91. The van der Waals surface area contributed by atoms with Crippen molar-refractivity contribution in [1.29, 1.82) is 0 Å². The topological polar surface area (TPSA) is 85.3 Å². The van der Waals surface area contributed by atoms with E-state index < -0.39 is 5.82 Å². The van der Waals surface area contributed by atoms with Crippen molar-refractivity contribution in [3.8, 4) is 11.5 Å². The zero-order chi connectivity index (χ0) is 18.8. The summed E-state index contributed by atoms with van der Waals surface area (Å²) in [4.78, 5) is 12.1. The molecule has 0 unspecified atom stereocenters. The highest BCUT2D eigenvalue weighted by atomic mass is 35.5. The summed E-state index contributed by atoms with van der Waals surface area (Å²) < 4.78 is 20.3. The summed E-state index contributed by atoms with van der Waals surface area (Å²) in [5, 5.41) is 15.6. The average molecular weight is 404 g/mol. The average Bonchev–Trinajstić information content (AvgIpc) is 3.32. The molecule has 0 saturated heterocycles. The van der Waals surface area contributed by atoms with Gasteiger partial charge in [-0.2, -0.15) is 9.61 Å². The number of rotatable bonds is 5. The van der Waals surface area contributed by atoms with Crippen molar-refractivity contribution in [2.45, 2.75) is 5.16 Å². The van der Waals surface area contributed by atoms with Gasteiger partial charge in [-0.15, -0.1) is 10.2 Å². The standard InChI is InChI=1S/C17H11ClFN5O2S/c18-11-4-3-10(8-12(11)19)20-16(25)9-27-17-22-21-15-6-5-13(23-24(15)17)14-2-1-7-26-14/h1-8H,9H2,(H,20,25). The lowest BCUT2D eigenvalue weighted by Crippen LogP contribution is -2.14. The third-order valence-electron chi connectivity index (χ3n) is 3.54. The number of thioether (sulfide) groups is 1. The number of anilines is 1. The monoisotopic (exact) mass is 403 g/mol. The third kappa shape index (κ3) is 3.79. The molecular formula is C17H11ClFN5O2S. The van der Waals surface area contributed by atoms with E-state index in [4.69, 9.17) is 16.0 Å². The number of amides is 1. The van der Waals surface area contributed by atoms with Gasteiger partial charge in [0.1, 0.15) is 11.5 Å². The van der Waals surface area contributed by atoms with Crippen molar-refractivity contribution in [3.05, 3.63) is 59.6 Å². The largest absolute Gasteiger partial charge is 0.463 e. The summed E-state index contributed by atoms with van der Waals surface area (Å²) in [6, 6.07) is 11.2. The van der Waals surface area contributed by atoms with E-state index in [1.54, 1.807) is 30.5 Å². The van der Waals surface area contributed by atoms with Crippen LogP contribution in [0, 0.1) is 5.82 Å². The van der Waals surface area contributed by atoms with E-state index in [9.17, 15) is 9.18 Å². The number of fused-ring (bicyclic) bond motifs is 1. The van der Waals surface area contributed by atoms with E-state index in [1.807, 2.05) is 0 Å². The van der Waals surface area contributed by atoms with Crippen LogP contribution in [0.2, 0.25) is 5.02 Å². The number of aromatic nitrogens is 4. The lowest BCUT2D eigenvalue weighted by molar-refractivity contribution is -0.113. The fourth-order valence-corrected chi connectivity index (χ4v) is 3.12. The predicted octanol–water partition coefficient (Wildman–Crippen LogP) is 3.91. The number of halogens is 2. The van der Waals surface area contributed by atoms with Crippen LogP contribution < -0.4 is 5.32 Å². The highest BCUT2D eigenvalue weighted by molar-refractivity contribution is 7.99. The van der Waals surface area contributed by atoms with Gasteiger partial charge in [-0.1, -0.05) is 23.4 Å². The second-order valence-electron chi connectivity index (χ2n) is 5.41. The van der Waals surface area contributed by atoms with Crippen LogP contribution in [0.15, 0.2) is 58.3 Å². The van der Waals surface area contributed by atoms with Gasteiger partial charge in [0.15, 0.2) is 11.4 Å². The van der Waals surface area contributed by atoms with Gasteiger partial charge >= 0.3 is 0 Å². The molecule has 0 spiro atoms. The highest BCUT2D eigenvalue weighted by Crippen LogP contribution is 2.22. The fraction of sp³-hybridized carbons (Fsp3) is 0.0588. The van der Waals surface area contributed by atoms with Gasteiger partial charge in [0.05, 0.1) is 17.0 Å². The fourth-order valence-electron chi connectivity index (χ4n) is 2.32. The van der Waals surface area contributed by atoms with Crippen molar-refractivity contribution < 1.29 is 13.6 Å².